The molecule has 3 nitrogen and oxygen atoms in total. The molecule has 4 heteroatoms. The fourth-order valence-corrected chi connectivity index (χ4v) is 2.50. The minimum absolute atomic E-state index is 0.151. The lowest BCUT2D eigenvalue weighted by molar-refractivity contribution is 0.294. The van der Waals surface area contributed by atoms with E-state index in [0.29, 0.717) is 5.75 Å². The summed E-state index contributed by atoms with van der Waals surface area (Å²) >= 11 is 0. The second kappa shape index (κ2) is 6.33. The maximum atomic E-state index is 11.7. The first-order valence-corrected chi connectivity index (χ1v) is 6.07. The normalized spacial score (nSPS) is 14.1. The minimum atomic E-state index is -1.18. The summed E-state index contributed by atoms with van der Waals surface area (Å²) in [4.78, 5) is 0. The van der Waals surface area contributed by atoms with Gasteiger partial charge in [-0.1, -0.05) is 30.3 Å². The van der Waals surface area contributed by atoms with Gasteiger partial charge in [-0.2, -0.15) is 5.26 Å². The molecule has 80 valence electrons. The second-order valence-electron chi connectivity index (χ2n) is 3.07. The van der Waals surface area contributed by atoms with Gasteiger partial charge in [0.15, 0.2) is 0 Å². The minimum Gasteiger partial charge on any atom is -0.395 e. The van der Waals surface area contributed by atoms with Crippen molar-refractivity contribution in [3.05, 3.63) is 35.9 Å². The molecule has 0 aliphatic heterocycles. The first kappa shape index (κ1) is 11.9. The number of aliphatic hydroxyl groups is 1. The van der Waals surface area contributed by atoms with E-state index < -0.39 is 10.8 Å². The highest BCUT2D eigenvalue weighted by molar-refractivity contribution is 7.85. The van der Waals surface area contributed by atoms with E-state index in [4.69, 9.17) is 5.26 Å². The molecule has 0 heterocycles. The SMILES string of the molecule is N#CCCS(=O)[C@H](CO)c1ccccc1. The summed E-state index contributed by atoms with van der Waals surface area (Å²) in [7, 11) is -1.18. The molecule has 0 radical (unpaired) electrons. The Balaban J connectivity index is 2.72. The number of nitriles is 1. The fraction of sp³-hybridized carbons (Fsp3) is 0.364. The topological polar surface area (TPSA) is 61.1 Å². The third-order valence-electron chi connectivity index (χ3n) is 2.07. The van der Waals surface area contributed by atoms with Gasteiger partial charge in [-0.05, 0) is 5.56 Å². The summed E-state index contributed by atoms with van der Waals surface area (Å²) in [6.45, 7) is -0.151. The standard InChI is InChI=1S/C11H13NO2S/c12-7-4-8-15(14)11(9-13)10-5-2-1-3-6-10/h1-3,5-6,11,13H,4,8-9H2/t11-,15?/m1/s1. The van der Waals surface area contributed by atoms with Crippen LogP contribution in [0.3, 0.4) is 0 Å². The molecule has 0 spiro atoms. The molecule has 1 aromatic rings. The zero-order chi connectivity index (χ0) is 11.1. The summed E-state index contributed by atoms with van der Waals surface area (Å²) in [6.07, 6.45) is 0.260. The van der Waals surface area contributed by atoms with Crippen molar-refractivity contribution in [1.82, 2.24) is 0 Å². The van der Waals surface area contributed by atoms with Crippen LogP contribution >= 0.6 is 0 Å². The van der Waals surface area contributed by atoms with Gasteiger partial charge in [0.25, 0.3) is 0 Å². The first-order valence-electron chi connectivity index (χ1n) is 4.69. The van der Waals surface area contributed by atoms with E-state index in [-0.39, 0.29) is 18.3 Å². The van der Waals surface area contributed by atoms with Crippen molar-refractivity contribution in [1.29, 1.82) is 5.26 Å². The van der Waals surface area contributed by atoms with Crippen LogP contribution < -0.4 is 0 Å². The molecule has 1 unspecified atom stereocenters. The van der Waals surface area contributed by atoms with Gasteiger partial charge < -0.3 is 5.11 Å². The molecule has 0 fully saturated rings. The molecule has 1 aromatic carbocycles. The summed E-state index contributed by atoms with van der Waals surface area (Å²) < 4.78 is 11.7. The lowest BCUT2D eigenvalue weighted by Gasteiger charge is -2.13. The van der Waals surface area contributed by atoms with Crippen LogP contribution in [0, 0.1) is 11.3 Å². The Morgan fingerprint density at radius 2 is 2.07 bits per heavy atom. The van der Waals surface area contributed by atoms with Gasteiger partial charge in [0, 0.05) is 23.0 Å². The number of aliphatic hydroxyl groups excluding tert-OH is 1. The lowest BCUT2D eigenvalue weighted by atomic mass is 10.2. The van der Waals surface area contributed by atoms with Crippen LogP contribution in [-0.2, 0) is 10.8 Å². The van der Waals surface area contributed by atoms with E-state index in [0.717, 1.165) is 5.56 Å². The Labute approximate surface area is 91.8 Å². The van der Waals surface area contributed by atoms with Crippen molar-refractivity contribution < 1.29 is 9.32 Å². The zero-order valence-corrected chi connectivity index (χ0v) is 9.11. The van der Waals surface area contributed by atoms with Crippen LogP contribution in [0.25, 0.3) is 0 Å². The Hall–Kier alpha value is -1.18. The Kier molecular flexibility index (Phi) is 5.02. The van der Waals surface area contributed by atoms with E-state index in [2.05, 4.69) is 0 Å². The zero-order valence-electron chi connectivity index (χ0n) is 8.30. The number of hydrogen-bond donors (Lipinski definition) is 1. The van der Waals surface area contributed by atoms with Crippen LogP contribution in [0.4, 0.5) is 0 Å². The van der Waals surface area contributed by atoms with E-state index in [1.54, 1.807) is 0 Å². The number of benzene rings is 1. The van der Waals surface area contributed by atoms with Gasteiger partial charge in [-0.15, -0.1) is 0 Å². The maximum Gasteiger partial charge on any atom is 0.0828 e. The highest BCUT2D eigenvalue weighted by Gasteiger charge is 2.17. The third kappa shape index (κ3) is 3.46. The molecule has 0 aliphatic rings. The molecule has 0 bridgehead atoms. The monoisotopic (exact) mass is 223 g/mol. The molecular formula is C11H13NO2S. The molecule has 15 heavy (non-hydrogen) atoms. The quantitative estimate of drug-likeness (QED) is 0.820. The molecule has 0 aliphatic carbocycles. The smallest absolute Gasteiger partial charge is 0.0828 e. The van der Waals surface area contributed by atoms with Crippen LogP contribution in [0.15, 0.2) is 30.3 Å². The first-order chi connectivity index (χ1) is 7.29. The van der Waals surface area contributed by atoms with Gasteiger partial charge in [-0.3, -0.25) is 4.21 Å². The summed E-state index contributed by atoms with van der Waals surface area (Å²) in [5.74, 6) is 0.316. The summed E-state index contributed by atoms with van der Waals surface area (Å²) in [6, 6.07) is 11.2. The van der Waals surface area contributed by atoms with Crippen molar-refractivity contribution >= 4 is 10.8 Å². The molecule has 1 rings (SSSR count). The summed E-state index contributed by atoms with van der Waals surface area (Å²) in [5, 5.41) is 17.2. The fourth-order valence-electron chi connectivity index (χ4n) is 1.30. The van der Waals surface area contributed by atoms with Crippen molar-refractivity contribution in [3.63, 3.8) is 0 Å². The highest BCUT2D eigenvalue weighted by atomic mass is 32.2. The van der Waals surface area contributed by atoms with Gasteiger partial charge >= 0.3 is 0 Å². The molecule has 0 aromatic heterocycles. The van der Waals surface area contributed by atoms with Crippen LogP contribution in [-0.4, -0.2) is 21.7 Å². The Bertz CT molecular complexity index is 359. The second-order valence-corrected chi connectivity index (χ2v) is 4.81. The average molecular weight is 223 g/mol. The van der Waals surface area contributed by atoms with E-state index in [1.165, 1.54) is 0 Å². The lowest BCUT2D eigenvalue weighted by Crippen LogP contribution is -2.13. The van der Waals surface area contributed by atoms with Gasteiger partial charge in [-0.25, -0.2) is 0 Å². The van der Waals surface area contributed by atoms with Crippen molar-refractivity contribution in [2.45, 2.75) is 11.7 Å². The number of rotatable bonds is 5. The van der Waals surface area contributed by atoms with Crippen LogP contribution in [0.5, 0.6) is 0 Å². The molecule has 2 atom stereocenters. The molecule has 1 N–H and O–H groups in total. The van der Waals surface area contributed by atoms with E-state index >= 15 is 0 Å². The Morgan fingerprint density at radius 3 is 2.60 bits per heavy atom. The van der Waals surface area contributed by atoms with Crippen LogP contribution in [0.1, 0.15) is 17.2 Å². The number of hydrogen-bond acceptors (Lipinski definition) is 3. The summed E-state index contributed by atoms with van der Waals surface area (Å²) in [5.41, 5.74) is 0.858. The Morgan fingerprint density at radius 1 is 1.40 bits per heavy atom. The molecule has 0 amide bonds. The van der Waals surface area contributed by atoms with Crippen molar-refractivity contribution in [3.8, 4) is 6.07 Å². The van der Waals surface area contributed by atoms with E-state index in [1.807, 2.05) is 36.4 Å². The average Bonchev–Trinajstić information content (AvgIpc) is 2.29. The molecule has 0 saturated carbocycles. The molecular weight excluding hydrogens is 210 g/mol. The largest absolute Gasteiger partial charge is 0.395 e. The van der Waals surface area contributed by atoms with Crippen molar-refractivity contribution in [2.24, 2.45) is 0 Å². The van der Waals surface area contributed by atoms with Gasteiger partial charge in [0.05, 0.1) is 17.9 Å². The molecule has 0 saturated heterocycles. The third-order valence-corrected chi connectivity index (χ3v) is 3.73. The predicted molar refractivity (Wildman–Crippen MR) is 59.5 cm³/mol. The maximum absolute atomic E-state index is 11.7. The van der Waals surface area contributed by atoms with Gasteiger partial charge in [0.1, 0.15) is 0 Å². The van der Waals surface area contributed by atoms with E-state index in [9.17, 15) is 9.32 Å². The highest BCUT2D eigenvalue weighted by Crippen LogP contribution is 2.19. The van der Waals surface area contributed by atoms with Crippen molar-refractivity contribution in [2.75, 3.05) is 12.4 Å². The van der Waals surface area contributed by atoms with Crippen LogP contribution in [0.2, 0.25) is 0 Å². The number of nitrogens with zero attached hydrogens (tertiary/aromatic N) is 1. The van der Waals surface area contributed by atoms with Gasteiger partial charge in [0.2, 0.25) is 0 Å². The predicted octanol–water partition coefficient (Wildman–Crippen LogP) is 1.38.